The van der Waals surface area contributed by atoms with Crippen LogP contribution < -0.4 is 0 Å². The molecular formula is C48H83FN2O13. The molecule has 0 saturated carbocycles. The SMILES string of the molecule is C=CC(=O)OCCCCCCOC.C=CC(=O)OCCCCOC.CCCCCC(=O)OC.CCCCCCOC.CCCCOC(=O)OC.Cc1ccc(F)c(-c2noc(C)n2)c1. The first-order valence-electron chi connectivity index (χ1n) is 22.2. The van der Waals surface area contributed by atoms with Crippen LogP contribution in [0.2, 0.25) is 0 Å². The monoisotopic (exact) mass is 915 g/mol. The summed E-state index contributed by atoms with van der Waals surface area (Å²) in [5.41, 5.74) is 1.34. The zero-order valence-electron chi connectivity index (χ0n) is 40.9. The normalized spacial score (nSPS) is 9.55. The molecule has 1 aromatic heterocycles. The highest BCUT2D eigenvalue weighted by Gasteiger charge is 2.11. The molecule has 0 aliphatic rings. The highest BCUT2D eigenvalue weighted by molar-refractivity contribution is 5.81. The van der Waals surface area contributed by atoms with E-state index >= 15 is 0 Å². The fourth-order valence-electron chi connectivity index (χ4n) is 4.39. The molecule has 15 nitrogen and oxygen atoms in total. The zero-order chi connectivity index (χ0) is 49.1. The smallest absolute Gasteiger partial charge is 0.469 e. The summed E-state index contributed by atoms with van der Waals surface area (Å²) in [7, 11) is 7.83. The maximum Gasteiger partial charge on any atom is 0.507 e. The van der Waals surface area contributed by atoms with E-state index in [0.29, 0.717) is 50.1 Å². The predicted octanol–water partition coefficient (Wildman–Crippen LogP) is 11.1. The van der Waals surface area contributed by atoms with Crippen molar-refractivity contribution in [3.63, 3.8) is 0 Å². The molecule has 0 aliphatic heterocycles. The Hall–Kier alpha value is -4.67. The van der Waals surface area contributed by atoms with E-state index in [1.165, 1.54) is 52.0 Å². The molecule has 0 aliphatic carbocycles. The molecule has 0 spiro atoms. The number of esters is 3. The van der Waals surface area contributed by atoms with E-state index in [1.54, 1.807) is 40.4 Å². The van der Waals surface area contributed by atoms with Crippen molar-refractivity contribution < 1.29 is 66.0 Å². The maximum atomic E-state index is 13.3. The average molecular weight is 915 g/mol. The van der Waals surface area contributed by atoms with Gasteiger partial charge in [-0.05, 0) is 70.4 Å². The second-order valence-corrected chi connectivity index (χ2v) is 13.7. The number of hydrogen-bond donors (Lipinski definition) is 0. The number of halogens is 1. The van der Waals surface area contributed by atoms with E-state index in [4.69, 9.17) is 28.2 Å². The third-order valence-electron chi connectivity index (χ3n) is 8.00. The first kappa shape index (κ1) is 65.9. The van der Waals surface area contributed by atoms with Crippen molar-refractivity contribution in [1.29, 1.82) is 0 Å². The summed E-state index contributed by atoms with van der Waals surface area (Å²) < 4.78 is 55.5. The van der Waals surface area contributed by atoms with Crippen LogP contribution in [0.15, 0.2) is 48.0 Å². The number of hydrogen-bond acceptors (Lipinski definition) is 15. The first-order valence-corrected chi connectivity index (χ1v) is 22.2. The van der Waals surface area contributed by atoms with Gasteiger partial charge in [-0.2, -0.15) is 4.98 Å². The Morgan fingerprint density at radius 3 is 1.50 bits per heavy atom. The highest BCUT2D eigenvalue weighted by Crippen LogP contribution is 2.20. The van der Waals surface area contributed by atoms with Gasteiger partial charge in [0.1, 0.15) is 5.82 Å². The molecule has 0 fully saturated rings. The largest absolute Gasteiger partial charge is 0.507 e. The lowest BCUT2D eigenvalue weighted by atomic mass is 10.1. The van der Waals surface area contributed by atoms with E-state index in [9.17, 15) is 23.6 Å². The van der Waals surface area contributed by atoms with Gasteiger partial charge in [0.15, 0.2) is 0 Å². The lowest BCUT2D eigenvalue weighted by Gasteiger charge is -2.01. The van der Waals surface area contributed by atoms with Crippen LogP contribution in [0.25, 0.3) is 11.4 Å². The van der Waals surface area contributed by atoms with Crippen molar-refractivity contribution >= 4 is 24.1 Å². The zero-order valence-corrected chi connectivity index (χ0v) is 40.9. The number of rotatable bonds is 27. The lowest BCUT2D eigenvalue weighted by Crippen LogP contribution is -2.04. The number of aryl methyl sites for hydroxylation is 2. The number of unbranched alkanes of at least 4 members (excludes halogenated alkanes) is 10. The molecule has 0 atom stereocenters. The minimum atomic E-state index is -0.594. The van der Waals surface area contributed by atoms with Crippen LogP contribution in [0, 0.1) is 19.7 Å². The van der Waals surface area contributed by atoms with Crippen molar-refractivity contribution in [3.8, 4) is 11.4 Å². The standard InChI is InChI=1S/C10H9FN2O.C10H18O3.C8H14O3.C7H14O2.C7H16O.C6H12O3/c1-6-3-4-9(11)8(5-6)10-12-7(2)14-13-10;1-3-10(11)13-9-7-5-4-6-8-12-2;1-3-8(9)11-7-5-4-6-10-2;1-3-4-5-6-7(8)9-2;1-3-4-5-6-7-8-2;1-3-4-5-9-6(7)8-2/h3-5H,1-2H3;3H,1,4-9H2,2H3;3H,1,4-7H2,2H3;3-6H2,1-2H3;3-7H2,1-2H3;3-5H2,1-2H3. The minimum absolute atomic E-state index is 0.0940. The number of nitrogens with zero attached hydrogens (tertiary/aromatic N) is 2. The van der Waals surface area contributed by atoms with Crippen LogP contribution in [-0.2, 0) is 52.3 Å². The quantitative estimate of drug-likeness (QED) is 0.0357. The van der Waals surface area contributed by atoms with Crippen LogP contribution in [0.5, 0.6) is 0 Å². The number of carbonyl (C=O) groups is 4. The second-order valence-electron chi connectivity index (χ2n) is 13.7. The number of methoxy groups -OCH3 is 5. The van der Waals surface area contributed by atoms with E-state index in [0.717, 1.165) is 95.5 Å². The molecule has 2 aromatic rings. The van der Waals surface area contributed by atoms with E-state index < -0.39 is 6.16 Å². The number of aromatic nitrogens is 2. The Labute approximate surface area is 384 Å². The van der Waals surface area contributed by atoms with Gasteiger partial charge in [-0.1, -0.05) is 95.7 Å². The molecule has 1 aromatic carbocycles. The maximum absolute atomic E-state index is 13.3. The van der Waals surface area contributed by atoms with Gasteiger partial charge in [-0.25, -0.2) is 18.8 Å². The highest BCUT2D eigenvalue weighted by atomic mass is 19.1. The van der Waals surface area contributed by atoms with E-state index in [1.807, 2.05) is 13.8 Å². The number of carbonyl (C=O) groups excluding carboxylic acids is 4. The van der Waals surface area contributed by atoms with E-state index in [-0.39, 0.29) is 23.7 Å². The Bertz CT molecular complexity index is 1380. The summed E-state index contributed by atoms with van der Waals surface area (Å²) in [5.74, 6) is -0.399. The van der Waals surface area contributed by atoms with Crippen LogP contribution in [0.4, 0.5) is 9.18 Å². The van der Waals surface area contributed by atoms with Gasteiger partial charge in [0, 0.05) is 66.6 Å². The van der Waals surface area contributed by atoms with Gasteiger partial charge in [0.05, 0.1) is 39.6 Å². The fourth-order valence-corrected chi connectivity index (χ4v) is 4.39. The van der Waals surface area contributed by atoms with Crippen molar-refractivity contribution in [1.82, 2.24) is 10.1 Å². The Morgan fingerprint density at radius 2 is 1.06 bits per heavy atom. The molecule has 0 unspecified atom stereocenters. The van der Waals surface area contributed by atoms with Crippen molar-refractivity contribution in [2.75, 3.05) is 75.2 Å². The van der Waals surface area contributed by atoms with Gasteiger partial charge in [-0.15, -0.1) is 0 Å². The number of benzene rings is 1. The van der Waals surface area contributed by atoms with Crippen molar-refractivity contribution in [2.24, 2.45) is 0 Å². The summed E-state index contributed by atoms with van der Waals surface area (Å²) in [5, 5.41) is 3.66. The average Bonchev–Trinajstić information content (AvgIpc) is 3.74. The van der Waals surface area contributed by atoms with Gasteiger partial charge in [0.25, 0.3) is 0 Å². The second kappa shape index (κ2) is 52.7. The molecule has 64 heavy (non-hydrogen) atoms. The molecule has 0 N–H and O–H groups in total. The summed E-state index contributed by atoms with van der Waals surface area (Å²) in [4.78, 5) is 45.7. The topological polar surface area (TPSA) is 181 Å². The van der Waals surface area contributed by atoms with Crippen LogP contribution in [-0.4, -0.2) is 109 Å². The molecule has 0 radical (unpaired) electrons. The summed E-state index contributed by atoms with van der Waals surface area (Å²) in [6.45, 7) is 20.4. The van der Waals surface area contributed by atoms with Gasteiger partial charge < -0.3 is 42.4 Å². The van der Waals surface area contributed by atoms with Crippen molar-refractivity contribution in [2.45, 2.75) is 137 Å². The van der Waals surface area contributed by atoms with Crippen LogP contribution >= 0.6 is 0 Å². The predicted molar refractivity (Wildman–Crippen MR) is 248 cm³/mol. The van der Waals surface area contributed by atoms with Crippen LogP contribution in [0.3, 0.4) is 0 Å². The minimum Gasteiger partial charge on any atom is -0.469 e. The summed E-state index contributed by atoms with van der Waals surface area (Å²) in [6, 6.07) is 4.79. The molecule has 0 saturated heterocycles. The molecule has 1 heterocycles. The Kier molecular flexibility index (Phi) is 54.3. The third-order valence-corrected chi connectivity index (χ3v) is 8.00. The first-order chi connectivity index (χ1) is 30.8. The Balaban J connectivity index is -0.000000342. The molecule has 2 rings (SSSR count). The molecule has 370 valence electrons. The van der Waals surface area contributed by atoms with Gasteiger partial charge >= 0.3 is 24.1 Å². The lowest BCUT2D eigenvalue weighted by molar-refractivity contribution is -0.141. The fraction of sp³-hybridized carbons (Fsp3) is 0.667. The molecule has 0 bridgehead atoms. The number of ether oxygens (including phenoxy) is 8. The third kappa shape index (κ3) is 50.0. The Morgan fingerprint density at radius 1 is 0.609 bits per heavy atom. The van der Waals surface area contributed by atoms with Crippen molar-refractivity contribution in [3.05, 3.63) is 60.8 Å². The summed E-state index contributed by atoms with van der Waals surface area (Å²) >= 11 is 0. The molecular weight excluding hydrogens is 832 g/mol. The van der Waals surface area contributed by atoms with E-state index in [2.05, 4.69) is 51.4 Å². The van der Waals surface area contributed by atoms with Gasteiger partial charge in [0.2, 0.25) is 11.7 Å². The molecule has 0 amide bonds. The molecule has 16 heteroatoms. The van der Waals surface area contributed by atoms with Crippen LogP contribution in [0.1, 0.15) is 135 Å². The van der Waals surface area contributed by atoms with Gasteiger partial charge in [-0.3, -0.25) is 4.79 Å². The summed E-state index contributed by atoms with van der Waals surface area (Å²) in [6.07, 6.45) is 18.6.